The van der Waals surface area contributed by atoms with Gasteiger partial charge in [0.15, 0.2) is 17.3 Å². The Morgan fingerprint density at radius 3 is 2.32 bits per heavy atom. The molecule has 0 aliphatic heterocycles. The quantitative estimate of drug-likeness (QED) is 0.775. The van der Waals surface area contributed by atoms with Crippen molar-refractivity contribution in [3.63, 3.8) is 0 Å². The van der Waals surface area contributed by atoms with Crippen molar-refractivity contribution >= 4 is 5.78 Å². The van der Waals surface area contributed by atoms with Gasteiger partial charge in [-0.25, -0.2) is 0 Å². The summed E-state index contributed by atoms with van der Waals surface area (Å²) in [5.41, 5.74) is 1.02. The molecule has 2 aliphatic carbocycles. The number of carbonyl (C=O) groups is 1. The minimum absolute atomic E-state index is 0.00258. The van der Waals surface area contributed by atoms with E-state index in [-0.39, 0.29) is 35.0 Å². The highest BCUT2D eigenvalue weighted by atomic mass is 16.5. The number of hydrogen-bond acceptors (Lipinski definition) is 4. The number of phenols is 2. The standard InChI is InChI=1S/C21H30O4/c1-10(2)12-8-7-9-21(5)15(12)18(23)14-16(21)19(24)20(25-6)13(11(3)4)17(14)22/h10-12,15,22,24H,7-9H2,1-6H3. The largest absolute Gasteiger partial charge is 0.507 e. The Balaban J connectivity index is 2.33. The van der Waals surface area contributed by atoms with Gasteiger partial charge in [0.2, 0.25) is 0 Å². The second-order valence-corrected chi connectivity index (χ2v) is 8.61. The second-order valence-electron chi connectivity index (χ2n) is 8.61. The van der Waals surface area contributed by atoms with Gasteiger partial charge in [0.05, 0.1) is 12.7 Å². The molecular weight excluding hydrogens is 316 g/mol. The highest BCUT2D eigenvalue weighted by Crippen LogP contribution is 2.62. The molecule has 4 heteroatoms. The average Bonchev–Trinajstić information content (AvgIpc) is 2.78. The molecule has 2 N–H and O–H groups in total. The summed E-state index contributed by atoms with van der Waals surface area (Å²) in [6, 6.07) is 0. The molecule has 3 atom stereocenters. The Hall–Kier alpha value is -1.71. The van der Waals surface area contributed by atoms with Crippen LogP contribution in [0.15, 0.2) is 0 Å². The van der Waals surface area contributed by atoms with E-state index in [0.717, 1.165) is 19.3 Å². The van der Waals surface area contributed by atoms with E-state index < -0.39 is 5.41 Å². The third-order valence-corrected chi connectivity index (χ3v) is 6.52. The average molecular weight is 346 g/mol. The van der Waals surface area contributed by atoms with Gasteiger partial charge in [0, 0.05) is 22.5 Å². The first-order chi connectivity index (χ1) is 11.7. The number of Topliss-reactive ketones (excluding diaryl/α,β-unsaturated/α-hetero) is 1. The van der Waals surface area contributed by atoms with E-state index in [9.17, 15) is 15.0 Å². The van der Waals surface area contributed by atoms with Gasteiger partial charge in [-0.3, -0.25) is 4.79 Å². The molecule has 3 unspecified atom stereocenters. The van der Waals surface area contributed by atoms with Crippen LogP contribution in [0.3, 0.4) is 0 Å². The summed E-state index contributed by atoms with van der Waals surface area (Å²) in [6.45, 7) is 10.2. The van der Waals surface area contributed by atoms with Gasteiger partial charge in [0.25, 0.3) is 0 Å². The summed E-state index contributed by atoms with van der Waals surface area (Å²) in [5, 5.41) is 22.0. The predicted molar refractivity (Wildman–Crippen MR) is 97.8 cm³/mol. The number of benzene rings is 1. The number of carbonyl (C=O) groups excluding carboxylic acids is 1. The molecule has 0 spiro atoms. The summed E-state index contributed by atoms with van der Waals surface area (Å²) in [7, 11) is 1.50. The molecule has 1 saturated carbocycles. The Morgan fingerprint density at radius 1 is 1.16 bits per heavy atom. The van der Waals surface area contributed by atoms with E-state index in [1.807, 2.05) is 13.8 Å². The molecule has 1 aromatic rings. The lowest BCUT2D eigenvalue weighted by Crippen LogP contribution is -2.41. The van der Waals surface area contributed by atoms with E-state index in [1.54, 1.807) is 0 Å². The SMILES string of the molecule is COc1c(O)c2c(c(O)c1C(C)C)C(=O)C1C(C(C)C)CCCC21C. The summed E-state index contributed by atoms with van der Waals surface area (Å²) in [5.74, 6) is 0.769. The first kappa shape index (κ1) is 18.1. The van der Waals surface area contributed by atoms with Crippen molar-refractivity contribution in [3.8, 4) is 17.2 Å². The highest BCUT2D eigenvalue weighted by Gasteiger charge is 2.57. The van der Waals surface area contributed by atoms with Crippen LogP contribution < -0.4 is 4.74 Å². The van der Waals surface area contributed by atoms with Crippen LogP contribution in [0.25, 0.3) is 0 Å². The lowest BCUT2D eigenvalue weighted by atomic mass is 9.60. The molecule has 25 heavy (non-hydrogen) atoms. The second kappa shape index (κ2) is 5.93. The van der Waals surface area contributed by atoms with Crippen molar-refractivity contribution in [1.29, 1.82) is 0 Å². The maximum absolute atomic E-state index is 13.4. The van der Waals surface area contributed by atoms with Crippen LogP contribution >= 0.6 is 0 Å². The molecule has 3 rings (SSSR count). The minimum atomic E-state index is -0.441. The maximum atomic E-state index is 13.4. The zero-order chi connectivity index (χ0) is 18.7. The van der Waals surface area contributed by atoms with Crippen LogP contribution in [0.1, 0.15) is 81.3 Å². The number of aromatic hydroxyl groups is 2. The molecule has 0 saturated heterocycles. The van der Waals surface area contributed by atoms with Crippen LogP contribution in [0.4, 0.5) is 0 Å². The number of hydrogen-bond donors (Lipinski definition) is 2. The first-order valence-corrected chi connectivity index (χ1v) is 9.37. The molecule has 0 heterocycles. The molecule has 138 valence electrons. The fourth-order valence-corrected chi connectivity index (χ4v) is 5.40. The van der Waals surface area contributed by atoms with E-state index in [0.29, 0.717) is 28.4 Å². The van der Waals surface area contributed by atoms with E-state index in [4.69, 9.17) is 4.74 Å². The van der Waals surface area contributed by atoms with Crippen molar-refractivity contribution < 1.29 is 19.7 Å². The van der Waals surface area contributed by atoms with Gasteiger partial charge < -0.3 is 14.9 Å². The number of ketones is 1. The van der Waals surface area contributed by atoms with Gasteiger partial charge in [0.1, 0.15) is 5.75 Å². The number of phenolic OH excluding ortho intramolecular Hbond substituents is 2. The number of rotatable bonds is 3. The smallest absolute Gasteiger partial charge is 0.171 e. The number of methoxy groups -OCH3 is 1. The summed E-state index contributed by atoms with van der Waals surface area (Å²) in [6.07, 6.45) is 2.89. The zero-order valence-corrected chi connectivity index (χ0v) is 16.1. The molecule has 0 amide bonds. The van der Waals surface area contributed by atoms with E-state index in [2.05, 4.69) is 20.8 Å². The number of fused-ring (bicyclic) bond motifs is 3. The monoisotopic (exact) mass is 346 g/mol. The normalized spacial score (nSPS) is 28.4. The summed E-state index contributed by atoms with van der Waals surface area (Å²) >= 11 is 0. The molecule has 0 radical (unpaired) electrons. The number of ether oxygens (including phenoxy) is 1. The van der Waals surface area contributed by atoms with Gasteiger partial charge in [-0.15, -0.1) is 0 Å². The zero-order valence-electron chi connectivity index (χ0n) is 16.1. The minimum Gasteiger partial charge on any atom is -0.507 e. The summed E-state index contributed by atoms with van der Waals surface area (Å²) < 4.78 is 5.46. The fourth-order valence-electron chi connectivity index (χ4n) is 5.40. The predicted octanol–water partition coefficient (Wildman–Crippen LogP) is 4.76. The van der Waals surface area contributed by atoms with Crippen molar-refractivity contribution in [2.75, 3.05) is 7.11 Å². The Morgan fingerprint density at radius 2 is 1.80 bits per heavy atom. The summed E-state index contributed by atoms with van der Waals surface area (Å²) in [4.78, 5) is 13.4. The van der Waals surface area contributed by atoms with Gasteiger partial charge in [-0.05, 0) is 30.6 Å². The Bertz CT molecular complexity index is 719. The van der Waals surface area contributed by atoms with Gasteiger partial charge >= 0.3 is 0 Å². The fraction of sp³-hybridized carbons (Fsp3) is 0.667. The molecule has 1 fully saturated rings. The van der Waals surface area contributed by atoms with Crippen LogP contribution in [0.2, 0.25) is 0 Å². The molecule has 1 aromatic carbocycles. The first-order valence-electron chi connectivity index (χ1n) is 9.37. The van der Waals surface area contributed by atoms with Crippen molar-refractivity contribution in [3.05, 3.63) is 16.7 Å². The van der Waals surface area contributed by atoms with Crippen molar-refractivity contribution in [2.45, 2.75) is 65.2 Å². The topological polar surface area (TPSA) is 66.8 Å². The maximum Gasteiger partial charge on any atom is 0.171 e. The van der Waals surface area contributed by atoms with Gasteiger partial charge in [-0.2, -0.15) is 0 Å². The molecular formula is C21H30O4. The lowest BCUT2D eigenvalue weighted by Gasteiger charge is -2.43. The van der Waals surface area contributed by atoms with Crippen LogP contribution in [0, 0.1) is 17.8 Å². The Kier molecular flexibility index (Phi) is 4.29. The third kappa shape index (κ3) is 2.29. The molecule has 4 nitrogen and oxygen atoms in total. The van der Waals surface area contributed by atoms with E-state index in [1.165, 1.54) is 7.11 Å². The van der Waals surface area contributed by atoms with Crippen LogP contribution in [-0.4, -0.2) is 23.1 Å². The Labute approximate surface area is 150 Å². The van der Waals surface area contributed by atoms with Crippen LogP contribution in [0.5, 0.6) is 17.2 Å². The third-order valence-electron chi connectivity index (χ3n) is 6.52. The highest BCUT2D eigenvalue weighted by molar-refractivity contribution is 6.08. The molecule has 0 bridgehead atoms. The van der Waals surface area contributed by atoms with Gasteiger partial charge in [-0.1, -0.05) is 41.0 Å². The van der Waals surface area contributed by atoms with Crippen molar-refractivity contribution in [1.82, 2.24) is 0 Å². The van der Waals surface area contributed by atoms with E-state index >= 15 is 0 Å². The molecule has 2 aliphatic rings. The lowest BCUT2D eigenvalue weighted by molar-refractivity contribution is 0.0642. The van der Waals surface area contributed by atoms with Crippen LogP contribution in [-0.2, 0) is 5.41 Å². The molecule has 0 aromatic heterocycles. The van der Waals surface area contributed by atoms with Crippen molar-refractivity contribution in [2.24, 2.45) is 17.8 Å².